The summed E-state index contributed by atoms with van der Waals surface area (Å²) in [5.41, 5.74) is 3.90. The molecule has 0 saturated carbocycles. The first kappa shape index (κ1) is 23.8. The van der Waals surface area contributed by atoms with Gasteiger partial charge in [0.1, 0.15) is 24.7 Å². The monoisotopic (exact) mass is 490 g/mol. The Kier molecular flexibility index (Phi) is 6.86. The predicted octanol–water partition coefficient (Wildman–Crippen LogP) is 2.02. The summed E-state index contributed by atoms with van der Waals surface area (Å²) in [6.07, 6.45) is 2.46. The molecule has 1 atom stereocenters. The molecule has 0 aliphatic carbocycles. The van der Waals surface area contributed by atoms with Gasteiger partial charge in [-0.25, -0.2) is 9.67 Å². The van der Waals surface area contributed by atoms with Crippen molar-refractivity contribution in [3.63, 3.8) is 0 Å². The minimum atomic E-state index is -0.867. The SMILES string of the molecule is Cc1ccc(Cn2cnc(C(=O)N[C@H]3COc4ccc(N5CCCOCC5)cc4N(C)C3=O)n2)cc1. The number of nitrogens with one attached hydrogen (secondary N) is 1. The molecule has 1 aromatic heterocycles. The molecule has 0 bridgehead atoms. The molecule has 2 aliphatic rings. The molecule has 3 aromatic rings. The van der Waals surface area contributed by atoms with E-state index < -0.39 is 11.9 Å². The minimum absolute atomic E-state index is 0.00462. The fourth-order valence-electron chi connectivity index (χ4n) is 4.37. The van der Waals surface area contributed by atoms with E-state index in [-0.39, 0.29) is 18.3 Å². The van der Waals surface area contributed by atoms with E-state index in [1.54, 1.807) is 11.7 Å². The number of nitrogens with zero attached hydrogens (tertiary/aromatic N) is 5. The Hall–Kier alpha value is -3.92. The first-order chi connectivity index (χ1) is 17.5. The number of hydrogen-bond donors (Lipinski definition) is 1. The van der Waals surface area contributed by atoms with Crippen LogP contribution in [0.2, 0.25) is 0 Å². The number of carbonyl (C=O) groups is 2. The number of rotatable bonds is 5. The van der Waals surface area contributed by atoms with Crippen molar-refractivity contribution in [1.29, 1.82) is 0 Å². The van der Waals surface area contributed by atoms with Crippen LogP contribution < -0.4 is 19.9 Å². The highest BCUT2D eigenvalue weighted by Gasteiger charge is 2.32. The second-order valence-corrected chi connectivity index (χ2v) is 9.09. The van der Waals surface area contributed by atoms with Crippen molar-refractivity contribution in [2.75, 3.05) is 49.8 Å². The van der Waals surface area contributed by atoms with E-state index in [9.17, 15) is 9.59 Å². The van der Waals surface area contributed by atoms with Gasteiger partial charge in [-0.1, -0.05) is 29.8 Å². The molecule has 3 heterocycles. The van der Waals surface area contributed by atoms with Crippen LogP contribution in [0, 0.1) is 6.92 Å². The van der Waals surface area contributed by atoms with E-state index in [0.29, 0.717) is 24.6 Å². The van der Waals surface area contributed by atoms with Crippen molar-refractivity contribution >= 4 is 23.2 Å². The maximum atomic E-state index is 13.2. The van der Waals surface area contributed by atoms with Crippen LogP contribution in [-0.4, -0.2) is 72.6 Å². The third kappa shape index (κ3) is 5.18. The Morgan fingerprint density at radius 2 is 1.97 bits per heavy atom. The first-order valence-corrected chi connectivity index (χ1v) is 12.1. The zero-order valence-electron chi connectivity index (χ0n) is 20.5. The molecule has 5 rings (SSSR count). The Bertz CT molecular complexity index is 1230. The summed E-state index contributed by atoms with van der Waals surface area (Å²) in [5, 5.41) is 7.02. The summed E-state index contributed by atoms with van der Waals surface area (Å²) in [6, 6.07) is 13.0. The quantitative estimate of drug-likeness (QED) is 0.584. The summed E-state index contributed by atoms with van der Waals surface area (Å²) < 4.78 is 13.1. The molecule has 0 spiro atoms. The molecule has 1 saturated heterocycles. The number of amides is 2. The Labute approximate surface area is 209 Å². The van der Waals surface area contributed by atoms with E-state index in [0.717, 1.165) is 37.4 Å². The van der Waals surface area contributed by atoms with E-state index in [4.69, 9.17) is 9.47 Å². The minimum Gasteiger partial charge on any atom is -0.489 e. The number of benzene rings is 2. The summed E-state index contributed by atoms with van der Waals surface area (Å²) in [7, 11) is 1.69. The van der Waals surface area contributed by atoms with Gasteiger partial charge in [0.05, 0.1) is 18.8 Å². The molecule has 2 aromatic carbocycles. The van der Waals surface area contributed by atoms with Crippen molar-refractivity contribution in [1.82, 2.24) is 20.1 Å². The van der Waals surface area contributed by atoms with Crippen molar-refractivity contribution in [2.24, 2.45) is 0 Å². The van der Waals surface area contributed by atoms with Crippen LogP contribution in [0.5, 0.6) is 5.75 Å². The van der Waals surface area contributed by atoms with Crippen LogP contribution in [0.3, 0.4) is 0 Å². The molecule has 0 radical (unpaired) electrons. The van der Waals surface area contributed by atoms with Gasteiger partial charge in [0.2, 0.25) is 5.82 Å². The Balaban J connectivity index is 1.26. The molecule has 1 fully saturated rings. The number of ether oxygens (including phenoxy) is 2. The average molecular weight is 491 g/mol. The molecular formula is C26H30N6O4. The van der Waals surface area contributed by atoms with Crippen LogP contribution in [0.15, 0.2) is 48.8 Å². The standard InChI is InChI=1S/C26H30N6O4/c1-18-4-6-19(7-5-18)15-32-17-27-24(29-32)25(33)28-21-16-36-23-9-8-20(14-22(23)30(2)26(21)34)31-10-3-12-35-13-11-31/h4-9,14,17,21H,3,10-13,15-16H2,1-2H3,(H,28,33)/t21-/m0/s1. The smallest absolute Gasteiger partial charge is 0.291 e. The number of aryl methyl sites for hydroxylation is 1. The first-order valence-electron chi connectivity index (χ1n) is 12.1. The van der Waals surface area contributed by atoms with Gasteiger partial charge in [0, 0.05) is 32.4 Å². The second kappa shape index (κ2) is 10.4. The number of aromatic nitrogens is 3. The average Bonchev–Trinajstić information content (AvgIpc) is 3.13. The Morgan fingerprint density at radius 1 is 1.14 bits per heavy atom. The van der Waals surface area contributed by atoms with Crippen LogP contribution in [0.25, 0.3) is 0 Å². The van der Waals surface area contributed by atoms with Crippen molar-refractivity contribution in [3.05, 3.63) is 65.7 Å². The maximum absolute atomic E-state index is 13.2. The second-order valence-electron chi connectivity index (χ2n) is 9.09. The van der Waals surface area contributed by atoms with Gasteiger partial charge < -0.3 is 24.6 Å². The maximum Gasteiger partial charge on any atom is 0.291 e. The fourth-order valence-corrected chi connectivity index (χ4v) is 4.37. The lowest BCUT2D eigenvalue weighted by Crippen LogP contribution is -2.49. The number of hydrogen-bond acceptors (Lipinski definition) is 7. The fraction of sp³-hybridized carbons (Fsp3) is 0.385. The Morgan fingerprint density at radius 3 is 2.81 bits per heavy atom. The zero-order chi connectivity index (χ0) is 25.1. The molecule has 0 unspecified atom stereocenters. The molecule has 10 heteroatoms. The van der Waals surface area contributed by atoms with E-state index in [2.05, 4.69) is 20.3 Å². The number of fused-ring (bicyclic) bond motifs is 1. The molecule has 2 aliphatic heterocycles. The predicted molar refractivity (Wildman–Crippen MR) is 135 cm³/mol. The van der Waals surface area contributed by atoms with Gasteiger partial charge in [-0.05, 0) is 37.1 Å². The normalized spacial score (nSPS) is 18.2. The van der Waals surface area contributed by atoms with Crippen molar-refractivity contribution < 1.29 is 19.1 Å². The highest BCUT2D eigenvalue weighted by atomic mass is 16.5. The van der Waals surface area contributed by atoms with Crippen LogP contribution >= 0.6 is 0 Å². The summed E-state index contributed by atoms with van der Waals surface area (Å²) >= 11 is 0. The lowest BCUT2D eigenvalue weighted by molar-refractivity contribution is -0.120. The van der Waals surface area contributed by atoms with E-state index >= 15 is 0 Å². The van der Waals surface area contributed by atoms with Crippen molar-refractivity contribution in [3.8, 4) is 5.75 Å². The van der Waals surface area contributed by atoms with E-state index in [1.807, 2.05) is 49.4 Å². The topological polar surface area (TPSA) is 102 Å². The van der Waals surface area contributed by atoms with Gasteiger partial charge in [-0.15, -0.1) is 5.10 Å². The van der Waals surface area contributed by atoms with E-state index in [1.165, 1.54) is 16.8 Å². The van der Waals surface area contributed by atoms with Crippen LogP contribution in [-0.2, 0) is 16.1 Å². The molecule has 2 amide bonds. The number of carbonyl (C=O) groups excluding carboxylic acids is 2. The van der Waals surface area contributed by atoms with Crippen LogP contribution in [0.1, 0.15) is 28.2 Å². The number of likely N-dealkylation sites (N-methyl/N-ethyl adjacent to an activating group) is 1. The molecular weight excluding hydrogens is 460 g/mol. The largest absolute Gasteiger partial charge is 0.489 e. The summed E-state index contributed by atoms with van der Waals surface area (Å²) in [6.45, 7) is 5.65. The lowest BCUT2D eigenvalue weighted by Gasteiger charge is -2.25. The van der Waals surface area contributed by atoms with Crippen LogP contribution in [0.4, 0.5) is 11.4 Å². The van der Waals surface area contributed by atoms with Gasteiger partial charge in [-0.3, -0.25) is 9.59 Å². The highest BCUT2D eigenvalue weighted by Crippen LogP contribution is 2.34. The zero-order valence-corrected chi connectivity index (χ0v) is 20.5. The number of anilines is 2. The molecule has 36 heavy (non-hydrogen) atoms. The van der Waals surface area contributed by atoms with Gasteiger partial charge in [-0.2, -0.15) is 0 Å². The van der Waals surface area contributed by atoms with Gasteiger partial charge >= 0.3 is 0 Å². The third-order valence-electron chi connectivity index (χ3n) is 6.44. The van der Waals surface area contributed by atoms with Gasteiger partial charge in [0.25, 0.3) is 11.8 Å². The lowest BCUT2D eigenvalue weighted by atomic mass is 10.1. The molecule has 1 N–H and O–H groups in total. The third-order valence-corrected chi connectivity index (χ3v) is 6.44. The molecule has 10 nitrogen and oxygen atoms in total. The van der Waals surface area contributed by atoms with Gasteiger partial charge in [0.15, 0.2) is 0 Å². The summed E-state index contributed by atoms with van der Waals surface area (Å²) in [5.74, 6) is -0.190. The summed E-state index contributed by atoms with van der Waals surface area (Å²) in [4.78, 5) is 34.0. The highest BCUT2D eigenvalue weighted by molar-refractivity contribution is 6.02. The molecule has 188 valence electrons. The van der Waals surface area contributed by atoms with Crippen molar-refractivity contribution in [2.45, 2.75) is 25.9 Å².